The van der Waals surface area contributed by atoms with Crippen LogP contribution in [0.4, 0.5) is 5.82 Å². The molecule has 27 heavy (non-hydrogen) atoms. The molecule has 4 rings (SSSR count). The maximum Gasteiger partial charge on any atom is 0.226 e. The van der Waals surface area contributed by atoms with Crippen LogP contribution in [-0.2, 0) is 4.79 Å². The van der Waals surface area contributed by atoms with Crippen LogP contribution in [0.1, 0.15) is 36.8 Å². The van der Waals surface area contributed by atoms with Crippen molar-refractivity contribution in [2.75, 3.05) is 11.9 Å². The van der Waals surface area contributed by atoms with Crippen LogP contribution >= 0.6 is 11.6 Å². The van der Waals surface area contributed by atoms with Crippen molar-refractivity contribution >= 4 is 23.3 Å². The molecule has 0 radical (unpaired) electrons. The van der Waals surface area contributed by atoms with E-state index in [-0.39, 0.29) is 11.8 Å². The molecule has 1 aliphatic heterocycles. The Kier molecular flexibility index (Phi) is 4.86. The zero-order chi connectivity index (χ0) is 18.8. The Bertz CT molecular complexity index is 966. The van der Waals surface area contributed by atoms with E-state index in [1.807, 2.05) is 42.6 Å². The summed E-state index contributed by atoms with van der Waals surface area (Å²) in [5.74, 6) is 1.39. The van der Waals surface area contributed by atoms with Crippen LogP contribution in [0.25, 0.3) is 5.69 Å². The van der Waals surface area contributed by atoms with E-state index in [2.05, 4.69) is 17.3 Å². The number of carbonyl (C=O) groups is 1. The number of amides is 1. The van der Waals surface area contributed by atoms with Crippen molar-refractivity contribution in [3.8, 4) is 11.4 Å². The summed E-state index contributed by atoms with van der Waals surface area (Å²) in [6.07, 6.45) is 3.12. The quantitative estimate of drug-likeness (QED) is 0.691. The van der Waals surface area contributed by atoms with Gasteiger partial charge in [-0.15, -0.1) is 0 Å². The van der Waals surface area contributed by atoms with E-state index in [0.29, 0.717) is 23.9 Å². The second kappa shape index (κ2) is 7.45. The number of rotatable bonds is 5. The van der Waals surface area contributed by atoms with Crippen molar-refractivity contribution in [3.63, 3.8) is 0 Å². The monoisotopic (exact) mass is 381 g/mol. The molecule has 2 heterocycles. The van der Waals surface area contributed by atoms with E-state index in [4.69, 9.17) is 16.3 Å². The van der Waals surface area contributed by atoms with Gasteiger partial charge in [0, 0.05) is 28.5 Å². The van der Waals surface area contributed by atoms with Crippen LogP contribution in [0.3, 0.4) is 0 Å². The third kappa shape index (κ3) is 3.43. The summed E-state index contributed by atoms with van der Waals surface area (Å²) < 4.78 is 7.66. The van der Waals surface area contributed by atoms with Crippen LogP contribution in [0.5, 0.6) is 5.75 Å². The lowest BCUT2D eigenvalue weighted by Crippen LogP contribution is -2.25. The molecule has 0 aliphatic carbocycles. The van der Waals surface area contributed by atoms with Crippen molar-refractivity contribution in [1.82, 2.24) is 9.78 Å². The topological polar surface area (TPSA) is 56.1 Å². The third-order valence-electron chi connectivity index (χ3n) is 4.65. The first kappa shape index (κ1) is 17.6. The van der Waals surface area contributed by atoms with Crippen LogP contribution < -0.4 is 10.1 Å². The van der Waals surface area contributed by atoms with E-state index in [9.17, 15) is 4.79 Å². The predicted octanol–water partition coefficient (Wildman–Crippen LogP) is 4.79. The van der Waals surface area contributed by atoms with Gasteiger partial charge in [-0.05, 0) is 36.8 Å². The highest BCUT2D eigenvalue weighted by molar-refractivity contribution is 6.30. The minimum Gasteiger partial charge on any atom is -0.493 e. The molecule has 0 saturated carbocycles. The molecule has 1 aliphatic rings. The Morgan fingerprint density at radius 1 is 1.19 bits per heavy atom. The average Bonchev–Trinajstić information content (AvgIpc) is 3.10. The smallest absolute Gasteiger partial charge is 0.226 e. The summed E-state index contributed by atoms with van der Waals surface area (Å²) in [5, 5.41) is 8.15. The Balaban J connectivity index is 1.77. The Morgan fingerprint density at radius 2 is 1.96 bits per heavy atom. The summed E-state index contributed by atoms with van der Waals surface area (Å²) >= 11 is 5.99. The van der Waals surface area contributed by atoms with Crippen molar-refractivity contribution in [2.24, 2.45) is 0 Å². The van der Waals surface area contributed by atoms with E-state index in [0.717, 1.165) is 29.0 Å². The summed E-state index contributed by atoms with van der Waals surface area (Å²) in [4.78, 5) is 12.5. The normalized spacial score (nSPS) is 15.9. The number of para-hydroxylation sites is 1. The van der Waals surface area contributed by atoms with Gasteiger partial charge in [-0.2, -0.15) is 5.10 Å². The van der Waals surface area contributed by atoms with Gasteiger partial charge in [0.25, 0.3) is 0 Å². The minimum absolute atomic E-state index is 0.0338. The Labute approximate surface area is 162 Å². The SMILES string of the molecule is CCCOc1ccccc1C1CC(=O)Nc2c1cnn2-c1ccc(Cl)cc1. The highest BCUT2D eigenvalue weighted by Gasteiger charge is 2.32. The van der Waals surface area contributed by atoms with Crippen LogP contribution in [0, 0.1) is 0 Å². The second-order valence-electron chi connectivity index (χ2n) is 6.53. The second-order valence-corrected chi connectivity index (χ2v) is 6.96. The number of hydrogen-bond donors (Lipinski definition) is 1. The number of nitrogens with one attached hydrogen (secondary N) is 1. The fraction of sp³-hybridized carbons (Fsp3) is 0.238. The molecule has 0 bridgehead atoms. The largest absolute Gasteiger partial charge is 0.493 e. The molecular formula is C21H20ClN3O2. The maximum atomic E-state index is 12.5. The molecule has 0 saturated heterocycles. The van der Waals surface area contributed by atoms with Gasteiger partial charge in [0.15, 0.2) is 0 Å². The lowest BCUT2D eigenvalue weighted by Gasteiger charge is -2.25. The van der Waals surface area contributed by atoms with Gasteiger partial charge in [-0.1, -0.05) is 36.7 Å². The number of anilines is 1. The summed E-state index contributed by atoms with van der Waals surface area (Å²) in [5.41, 5.74) is 2.84. The molecule has 1 N–H and O–H groups in total. The van der Waals surface area contributed by atoms with Gasteiger partial charge in [0.05, 0.1) is 18.5 Å². The lowest BCUT2D eigenvalue weighted by atomic mass is 9.87. The highest BCUT2D eigenvalue weighted by atomic mass is 35.5. The lowest BCUT2D eigenvalue weighted by molar-refractivity contribution is -0.116. The molecule has 0 fully saturated rings. The first-order valence-electron chi connectivity index (χ1n) is 9.02. The first-order chi connectivity index (χ1) is 13.2. The molecule has 1 unspecified atom stereocenters. The van der Waals surface area contributed by atoms with E-state index < -0.39 is 0 Å². The number of fused-ring (bicyclic) bond motifs is 1. The Hall–Kier alpha value is -2.79. The van der Waals surface area contributed by atoms with Gasteiger partial charge in [-0.25, -0.2) is 4.68 Å². The fourth-order valence-corrected chi connectivity index (χ4v) is 3.51. The van der Waals surface area contributed by atoms with Crippen molar-refractivity contribution in [2.45, 2.75) is 25.7 Å². The number of nitrogens with zero attached hydrogens (tertiary/aromatic N) is 2. The number of carbonyl (C=O) groups excluding carboxylic acids is 1. The first-order valence-corrected chi connectivity index (χ1v) is 9.40. The maximum absolute atomic E-state index is 12.5. The zero-order valence-corrected chi connectivity index (χ0v) is 15.7. The van der Waals surface area contributed by atoms with Gasteiger partial charge in [0.2, 0.25) is 5.91 Å². The summed E-state index contributed by atoms with van der Waals surface area (Å²) in [6.45, 7) is 2.72. The molecule has 3 aromatic rings. The summed E-state index contributed by atoms with van der Waals surface area (Å²) in [7, 11) is 0. The molecule has 6 heteroatoms. The number of hydrogen-bond acceptors (Lipinski definition) is 3. The van der Waals surface area contributed by atoms with Crippen LogP contribution in [0.2, 0.25) is 5.02 Å². The van der Waals surface area contributed by atoms with Gasteiger partial charge < -0.3 is 10.1 Å². The number of aromatic nitrogens is 2. The fourth-order valence-electron chi connectivity index (χ4n) is 3.39. The van der Waals surface area contributed by atoms with E-state index in [1.54, 1.807) is 16.8 Å². The molecular weight excluding hydrogens is 362 g/mol. The number of ether oxygens (including phenoxy) is 1. The van der Waals surface area contributed by atoms with Crippen molar-refractivity contribution in [3.05, 3.63) is 70.9 Å². The molecule has 5 nitrogen and oxygen atoms in total. The van der Waals surface area contributed by atoms with Gasteiger partial charge in [0.1, 0.15) is 11.6 Å². The minimum atomic E-state index is -0.0946. The molecule has 2 aromatic carbocycles. The standard InChI is InChI=1S/C21H20ClN3O2/c1-2-11-27-19-6-4-3-5-16(19)17-12-20(26)24-21-18(17)13-23-25(21)15-9-7-14(22)8-10-15/h3-10,13,17H,2,11-12H2,1H3,(H,24,26). The molecule has 0 spiro atoms. The van der Waals surface area contributed by atoms with Gasteiger partial charge >= 0.3 is 0 Å². The Morgan fingerprint density at radius 3 is 2.74 bits per heavy atom. The predicted molar refractivity (Wildman–Crippen MR) is 106 cm³/mol. The molecule has 138 valence electrons. The number of halogens is 1. The molecule has 1 aromatic heterocycles. The molecule has 1 atom stereocenters. The van der Waals surface area contributed by atoms with Crippen LogP contribution in [0.15, 0.2) is 54.7 Å². The molecule has 1 amide bonds. The van der Waals surface area contributed by atoms with Crippen molar-refractivity contribution in [1.29, 1.82) is 0 Å². The van der Waals surface area contributed by atoms with Crippen LogP contribution in [-0.4, -0.2) is 22.3 Å². The third-order valence-corrected chi connectivity index (χ3v) is 4.90. The van der Waals surface area contributed by atoms with E-state index >= 15 is 0 Å². The van der Waals surface area contributed by atoms with E-state index in [1.165, 1.54) is 0 Å². The van der Waals surface area contributed by atoms with Crippen molar-refractivity contribution < 1.29 is 9.53 Å². The van der Waals surface area contributed by atoms with Gasteiger partial charge in [-0.3, -0.25) is 4.79 Å². The summed E-state index contributed by atoms with van der Waals surface area (Å²) in [6, 6.07) is 15.3. The average molecular weight is 382 g/mol. The number of benzene rings is 2. The highest BCUT2D eigenvalue weighted by Crippen LogP contribution is 2.41. The zero-order valence-electron chi connectivity index (χ0n) is 15.0.